The fourth-order valence-electron chi connectivity index (χ4n) is 2.57. The van der Waals surface area contributed by atoms with Crippen LogP contribution >= 0.6 is 0 Å². The number of ether oxygens (including phenoxy) is 2. The second-order valence-corrected chi connectivity index (χ2v) is 5.79. The number of benzene rings is 2. The van der Waals surface area contributed by atoms with Gasteiger partial charge in [-0.15, -0.1) is 0 Å². The van der Waals surface area contributed by atoms with Gasteiger partial charge in [0.25, 0.3) is 5.89 Å². The van der Waals surface area contributed by atoms with Gasteiger partial charge in [-0.25, -0.2) is 4.79 Å². The number of methoxy groups -OCH3 is 1. The van der Waals surface area contributed by atoms with Crippen molar-refractivity contribution in [3.8, 4) is 17.1 Å². The maximum atomic E-state index is 12.2. The first kappa shape index (κ1) is 17.5. The molecule has 140 valence electrons. The van der Waals surface area contributed by atoms with Crippen molar-refractivity contribution in [1.82, 2.24) is 10.1 Å². The van der Waals surface area contributed by atoms with Crippen molar-refractivity contribution in [2.75, 3.05) is 7.11 Å². The van der Waals surface area contributed by atoms with Gasteiger partial charge in [0.1, 0.15) is 11.3 Å². The average Bonchev–Trinajstić information content (AvgIpc) is 3.21. The molecular formula is C20H14N2O6. The molecule has 0 N–H and O–H groups in total. The molecule has 0 saturated heterocycles. The van der Waals surface area contributed by atoms with E-state index in [4.69, 9.17) is 18.4 Å². The highest BCUT2D eigenvalue weighted by atomic mass is 16.6. The van der Waals surface area contributed by atoms with E-state index in [1.807, 2.05) is 0 Å². The molecule has 0 radical (unpaired) electrons. The molecule has 4 rings (SSSR count). The second-order valence-electron chi connectivity index (χ2n) is 5.79. The third-order valence-corrected chi connectivity index (χ3v) is 3.98. The number of nitrogens with zero attached hydrogens (tertiary/aromatic N) is 2. The Morgan fingerprint density at radius 2 is 1.89 bits per heavy atom. The van der Waals surface area contributed by atoms with Gasteiger partial charge in [-0.1, -0.05) is 17.3 Å². The highest BCUT2D eigenvalue weighted by Gasteiger charge is 2.16. The van der Waals surface area contributed by atoms with E-state index in [2.05, 4.69) is 10.1 Å². The van der Waals surface area contributed by atoms with Gasteiger partial charge in [0.15, 0.2) is 12.0 Å². The SMILES string of the molecule is COc1ccc(-c2noc(COC(=O)c3cc(=O)c4ccccc4o3)n2)cc1. The Kier molecular flexibility index (Phi) is 4.59. The lowest BCUT2D eigenvalue weighted by atomic mass is 10.2. The zero-order chi connectivity index (χ0) is 19.5. The van der Waals surface area contributed by atoms with Gasteiger partial charge in [0, 0.05) is 11.6 Å². The number of hydrogen-bond acceptors (Lipinski definition) is 8. The first-order valence-electron chi connectivity index (χ1n) is 8.31. The first-order chi connectivity index (χ1) is 13.6. The van der Waals surface area contributed by atoms with Crippen LogP contribution in [0.15, 0.2) is 68.3 Å². The highest BCUT2D eigenvalue weighted by molar-refractivity contribution is 5.88. The summed E-state index contributed by atoms with van der Waals surface area (Å²) in [6, 6.07) is 14.8. The summed E-state index contributed by atoms with van der Waals surface area (Å²) in [5, 5.41) is 4.24. The minimum absolute atomic E-state index is 0.113. The minimum Gasteiger partial charge on any atom is -0.497 e. The predicted octanol–water partition coefficient (Wildman–Crippen LogP) is 3.21. The smallest absolute Gasteiger partial charge is 0.374 e. The molecule has 0 unspecified atom stereocenters. The molecule has 0 aliphatic rings. The lowest BCUT2D eigenvalue weighted by Gasteiger charge is -2.02. The Balaban J connectivity index is 1.46. The molecule has 8 heteroatoms. The Bertz CT molecular complexity index is 1190. The molecule has 2 aromatic heterocycles. The van der Waals surface area contributed by atoms with Gasteiger partial charge >= 0.3 is 5.97 Å². The highest BCUT2D eigenvalue weighted by Crippen LogP contribution is 2.20. The third kappa shape index (κ3) is 3.48. The van der Waals surface area contributed by atoms with Crippen molar-refractivity contribution in [2.45, 2.75) is 6.61 Å². The van der Waals surface area contributed by atoms with Crippen LogP contribution in [0.4, 0.5) is 0 Å². The number of rotatable bonds is 5. The molecule has 0 saturated carbocycles. The lowest BCUT2D eigenvalue weighted by molar-refractivity contribution is 0.0394. The predicted molar refractivity (Wildman–Crippen MR) is 97.9 cm³/mol. The van der Waals surface area contributed by atoms with Crippen molar-refractivity contribution < 1.29 is 23.2 Å². The van der Waals surface area contributed by atoms with E-state index >= 15 is 0 Å². The summed E-state index contributed by atoms with van der Waals surface area (Å²) in [5.41, 5.74) is 0.706. The van der Waals surface area contributed by atoms with Crippen LogP contribution in [0, 0.1) is 0 Å². The van der Waals surface area contributed by atoms with Gasteiger partial charge in [0.2, 0.25) is 11.6 Å². The Hall–Kier alpha value is -3.94. The molecule has 2 heterocycles. The molecule has 2 aromatic carbocycles. The summed E-state index contributed by atoms with van der Waals surface area (Å²) in [6.07, 6.45) is 0. The molecule has 0 aliphatic heterocycles. The molecule has 0 fully saturated rings. The van der Waals surface area contributed by atoms with Crippen molar-refractivity contribution in [1.29, 1.82) is 0 Å². The fourth-order valence-corrected chi connectivity index (χ4v) is 2.57. The zero-order valence-corrected chi connectivity index (χ0v) is 14.7. The number of hydrogen-bond donors (Lipinski definition) is 0. The topological polar surface area (TPSA) is 105 Å². The summed E-state index contributed by atoms with van der Waals surface area (Å²) in [4.78, 5) is 28.5. The van der Waals surface area contributed by atoms with Crippen LogP contribution in [0.2, 0.25) is 0 Å². The average molecular weight is 378 g/mol. The van der Waals surface area contributed by atoms with Crippen molar-refractivity contribution in [3.63, 3.8) is 0 Å². The second kappa shape index (κ2) is 7.36. The summed E-state index contributed by atoms with van der Waals surface area (Å²) in [7, 11) is 1.58. The molecule has 0 amide bonds. The van der Waals surface area contributed by atoms with Crippen molar-refractivity contribution in [2.24, 2.45) is 0 Å². The van der Waals surface area contributed by atoms with E-state index in [-0.39, 0.29) is 23.7 Å². The molecule has 0 aliphatic carbocycles. The van der Waals surface area contributed by atoms with Gasteiger partial charge in [-0.2, -0.15) is 4.98 Å². The number of fused-ring (bicyclic) bond motifs is 1. The van der Waals surface area contributed by atoms with Gasteiger partial charge in [0.05, 0.1) is 12.5 Å². The number of carbonyl (C=O) groups is 1. The first-order valence-corrected chi connectivity index (χ1v) is 8.31. The Morgan fingerprint density at radius 3 is 2.68 bits per heavy atom. The largest absolute Gasteiger partial charge is 0.497 e. The van der Waals surface area contributed by atoms with Crippen LogP contribution in [-0.4, -0.2) is 23.2 Å². The van der Waals surface area contributed by atoms with Crippen LogP contribution < -0.4 is 10.2 Å². The van der Waals surface area contributed by atoms with E-state index in [0.29, 0.717) is 22.5 Å². The standard InChI is InChI=1S/C20H14N2O6/c1-25-13-8-6-12(7-9-13)19-21-18(28-22-19)11-26-20(24)17-10-15(23)14-4-2-3-5-16(14)27-17/h2-10H,11H2,1H3. The number of aromatic nitrogens is 2. The molecule has 0 bridgehead atoms. The maximum absolute atomic E-state index is 12.2. The van der Waals surface area contributed by atoms with E-state index in [9.17, 15) is 9.59 Å². The third-order valence-electron chi connectivity index (χ3n) is 3.98. The monoisotopic (exact) mass is 378 g/mol. The number of esters is 1. The minimum atomic E-state index is -0.799. The van der Waals surface area contributed by atoms with Crippen LogP contribution in [0.25, 0.3) is 22.4 Å². The van der Waals surface area contributed by atoms with Gasteiger partial charge in [-0.05, 0) is 36.4 Å². The quantitative estimate of drug-likeness (QED) is 0.488. The molecule has 0 atom stereocenters. The van der Waals surface area contributed by atoms with Crippen molar-refractivity contribution >= 4 is 16.9 Å². The van der Waals surface area contributed by atoms with Crippen LogP contribution in [0.1, 0.15) is 16.4 Å². The summed E-state index contributed by atoms with van der Waals surface area (Å²) in [5.74, 6) is 0.178. The normalized spacial score (nSPS) is 10.8. The van der Waals surface area contributed by atoms with E-state index in [0.717, 1.165) is 11.6 Å². The fraction of sp³-hybridized carbons (Fsp3) is 0.100. The van der Waals surface area contributed by atoms with Gasteiger partial charge in [-0.3, -0.25) is 4.79 Å². The molecule has 28 heavy (non-hydrogen) atoms. The Morgan fingerprint density at radius 1 is 1.11 bits per heavy atom. The van der Waals surface area contributed by atoms with Crippen LogP contribution in [0.3, 0.4) is 0 Å². The maximum Gasteiger partial charge on any atom is 0.374 e. The number of carbonyl (C=O) groups excluding carboxylic acids is 1. The molecule has 0 spiro atoms. The Labute approximate surface area is 158 Å². The zero-order valence-electron chi connectivity index (χ0n) is 14.7. The summed E-state index contributed by atoms with van der Waals surface area (Å²) in [6.45, 7) is -0.251. The number of para-hydroxylation sites is 1. The molecular weight excluding hydrogens is 364 g/mol. The lowest BCUT2D eigenvalue weighted by Crippen LogP contribution is -2.10. The van der Waals surface area contributed by atoms with E-state index in [1.165, 1.54) is 0 Å². The van der Waals surface area contributed by atoms with E-state index in [1.54, 1.807) is 55.6 Å². The van der Waals surface area contributed by atoms with E-state index < -0.39 is 5.97 Å². The summed E-state index contributed by atoms with van der Waals surface area (Å²) < 4.78 is 20.7. The van der Waals surface area contributed by atoms with Crippen LogP contribution in [-0.2, 0) is 11.3 Å². The summed E-state index contributed by atoms with van der Waals surface area (Å²) >= 11 is 0. The van der Waals surface area contributed by atoms with Gasteiger partial charge < -0.3 is 18.4 Å². The van der Waals surface area contributed by atoms with Crippen LogP contribution in [0.5, 0.6) is 5.75 Å². The molecule has 4 aromatic rings. The molecule has 8 nitrogen and oxygen atoms in total. The van der Waals surface area contributed by atoms with Crippen molar-refractivity contribution in [3.05, 3.63) is 76.5 Å².